The molecule has 0 aliphatic heterocycles. The van der Waals surface area contributed by atoms with Gasteiger partial charge in [0.15, 0.2) is 0 Å². The van der Waals surface area contributed by atoms with Gasteiger partial charge >= 0.3 is 26.2 Å². The van der Waals surface area contributed by atoms with Gasteiger partial charge in [0, 0.05) is 0 Å². The maximum absolute atomic E-state index is 2.38. The molecule has 0 saturated heterocycles. The zero-order valence-electron chi connectivity index (χ0n) is 15.1. The minimum absolute atomic E-state index is 0. The fourth-order valence-electron chi connectivity index (χ4n) is 4.37. The maximum Gasteiger partial charge on any atom is 3.00 e. The van der Waals surface area contributed by atoms with Crippen molar-refractivity contribution in [2.45, 2.75) is 18.8 Å². The molecule has 0 saturated carbocycles. The number of benzene rings is 3. The molecule has 1 aliphatic rings. The van der Waals surface area contributed by atoms with E-state index in [1.807, 2.05) is 0 Å². The van der Waals surface area contributed by atoms with Crippen LogP contribution in [0.2, 0.25) is 0 Å². The van der Waals surface area contributed by atoms with Crippen LogP contribution in [-0.2, 0) is 26.2 Å². The van der Waals surface area contributed by atoms with E-state index < -0.39 is 0 Å². The first kappa shape index (κ1) is 19.7. The molecule has 0 N–H and O–H groups in total. The first-order chi connectivity index (χ1) is 10.8. The fourth-order valence-corrected chi connectivity index (χ4v) is 4.37. The van der Waals surface area contributed by atoms with Crippen LogP contribution in [-0.4, -0.2) is 0 Å². The predicted octanol–water partition coefficient (Wildman–Crippen LogP) is 6.86. The van der Waals surface area contributed by atoms with Crippen LogP contribution in [0.15, 0.2) is 72.8 Å². The SMILES string of the molecule is CC1c2cccc3cccc(c23)C1[c-]1ccc2ccccc21.[CH3-].[CH3-].[Zr+3]. The number of rotatable bonds is 1. The zero-order chi connectivity index (χ0) is 14.7. The molecule has 0 heterocycles. The van der Waals surface area contributed by atoms with Gasteiger partial charge in [0.25, 0.3) is 0 Å². The molecular formula is C24H23Zr. The molecule has 123 valence electrons. The monoisotopic (exact) mass is 401 g/mol. The van der Waals surface area contributed by atoms with Gasteiger partial charge in [-0.15, -0.1) is 40.6 Å². The smallest absolute Gasteiger partial charge is 0.358 e. The van der Waals surface area contributed by atoms with E-state index in [1.165, 1.54) is 38.2 Å². The average Bonchev–Trinajstić information content (AvgIpc) is 3.09. The van der Waals surface area contributed by atoms with E-state index in [1.54, 1.807) is 0 Å². The Hall–Kier alpha value is -1.59. The first-order valence-electron chi connectivity index (χ1n) is 8.00. The summed E-state index contributed by atoms with van der Waals surface area (Å²) in [5, 5.41) is 5.62. The van der Waals surface area contributed by atoms with Crippen molar-refractivity contribution in [1.29, 1.82) is 0 Å². The van der Waals surface area contributed by atoms with Crippen molar-refractivity contribution >= 4 is 21.5 Å². The van der Waals surface area contributed by atoms with Crippen molar-refractivity contribution in [3.8, 4) is 0 Å². The van der Waals surface area contributed by atoms with Crippen LogP contribution in [0.25, 0.3) is 21.5 Å². The molecule has 5 rings (SSSR count). The van der Waals surface area contributed by atoms with Gasteiger partial charge < -0.3 is 14.9 Å². The van der Waals surface area contributed by atoms with Gasteiger partial charge in [-0.1, -0.05) is 49.4 Å². The van der Waals surface area contributed by atoms with Crippen molar-refractivity contribution in [3.63, 3.8) is 0 Å². The van der Waals surface area contributed by atoms with Crippen LogP contribution in [0.5, 0.6) is 0 Å². The number of hydrogen-bond acceptors (Lipinski definition) is 0. The van der Waals surface area contributed by atoms with Crippen molar-refractivity contribution in [2.75, 3.05) is 0 Å². The third-order valence-corrected chi connectivity index (χ3v) is 5.34. The number of fused-ring (bicyclic) bond motifs is 1. The van der Waals surface area contributed by atoms with Crippen LogP contribution in [0.3, 0.4) is 0 Å². The Morgan fingerprint density at radius 1 is 0.720 bits per heavy atom. The Kier molecular flexibility index (Phi) is 5.80. The summed E-state index contributed by atoms with van der Waals surface area (Å²) in [7, 11) is 0. The van der Waals surface area contributed by atoms with E-state index in [4.69, 9.17) is 0 Å². The minimum atomic E-state index is 0. The molecule has 4 aromatic carbocycles. The van der Waals surface area contributed by atoms with Crippen LogP contribution in [0.4, 0.5) is 0 Å². The Morgan fingerprint density at radius 2 is 1.36 bits per heavy atom. The second kappa shape index (κ2) is 7.34. The van der Waals surface area contributed by atoms with Crippen LogP contribution < -0.4 is 0 Å². The van der Waals surface area contributed by atoms with E-state index in [0.717, 1.165) is 0 Å². The second-order valence-corrected chi connectivity index (χ2v) is 6.43. The molecule has 0 bridgehead atoms. The maximum atomic E-state index is 2.38. The molecule has 0 aromatic heterocycles. The van der Waals surface area contributed by atoms with E-state index >= 15 is 0 Å². The molecule has 0 nitrogen and oxygen atoms in total. The summed E-state index contributed by atoms with van der Waals surface area (Å²) in [6.07, 6.45) is 0. The summed E-state index contributed by atoms with van der Waals surface area (Å²) in [5.74, 6) is 1.01. The molecule has 0 spiro atoms. The Labute approximate surface area is 170 Å². The van der Waals surface area contributed by atoms with E-state index in [0.29, 0.717) is 11.8 Å². The van der Waals surface area contributed by atoms with Crippen LogP contribution in [0, 0.1) is 14.9 Å². The van der Waals surface area contributed by atoms with Gasteiger partial charge in [-0.3, -0.25) is 0 Å². The molecular weight excluding hydrogens is 379 g/mol. The average molecular weight is 403 g/mol. The second-order valence-electron chi connectivity index (χ2n) is 6.43. The van der Waals surface area contributed by atoms with E-state index in [2.05, 4.69) is 79.7 Å². The third-order valence-electron chi connectivity index (χ3n) is 5.34. The summed E-state index contributed by atoms with van der Waals surface area (Å²) >= 11 is 0. The van der Waals surface area contributed by atoms with Crippen LogP contribution in [0.1, 0.15) is 35.4 Å². The quantitative estimate of drug-likeness (QED) is 0.305. The van der Waals surface area contributed by atoms with Gasteiger partial charge in [-0.25, -0.2) is 0 Å². The molecule has 2 unspecified atom stereocenters. The Bertz CT molecular complexity index is 1000. The predicted molar refractivity (Wildman–Crippen MR) is 107 cm³/mol. The van der Waals surface area contributed by atoms with Gasteiger partial charge in [0.2, 0.25) is 0 Å². The minimum Gasteiger partial charge on any atom is -0.358 e. The Morgan fingerprint density at radius 3 is 2.12 bits per heavy atom. The summed E-state index contributed by atoms with van der Waals surface area (Å²) in [6, 6.07) is 26.9. The molecule has 1 radical (unpaired) electrons. The molecule has 1 aliphatic carbocycles. The van der Waals surface area contributed by atoms with Crippen molar-refractivity contribution in [2.24, 2.45) is 0 Å². The fraction of sp³-hybridized carbons (Fsp3) is 0.125. The largest absolute Gasteiger partial charge is 3.00 e. The van der Waals surface area contributed by atoms with Gasteiger partial charge in [0.1, 0.15) is 0 Å². The molecule has 0 fully saturated rings. The van der Waals surface area contributed by atoms with Gasteiger partial charge in [0.05, 0.1) is 0 Å². The summed E-state index contributed by atoms with van der Waals surface area (Å²) in [4.78, 5) is 0. The van der Waals surface area contributed by atoms with Crippen LogP contribution >= 0.6 is 0 Å². The van der Waals surface area contributed by atoms with Gasteiger partial charge in [-0.05, 0) is 33.7 Å². The normalized spacial score (nSPS) is 17.6. The topological polar surface area (TPSA) is 0 Å². The zero-order valence-corrected chi connectivity index (χ0v) is 17.5. The first-order valence-corrected chi connectivity index (χ1v) is 8.00. The Balaban J connectivity index is 0.000000751. The third kappa shape index (κ3) is 2.74. The van der Waals surface area contributed by atoms with E-state index in [9.17, 15) is 0 Å². The molecule has 25 heavy (non-hydrogen) atoms. The van der Waals surface area contributed by atoms with Crippen molar-refractivity contribution in [1.82, 2.24) is 0 Å². The summed E-state index contributed by atoms with van der Waals surface area (Å²) in [6.45, 7) is 2.38. The molecule has 1 heteroatoms. The van der Waals surface area contributed by atoms with E-state index in [-0.39, 0.29) is 41.1 Å². The molecule has 2 atom stereocenters. The standard InChI is InChI=1S/C22H17.2CH3.Zr/c1-14-17-10-4-7-16-8-5-11-20(22(16)17)21(14)19-13-12-15-6-2-3-9-18(15)19;;;/h2-14,21H,1H3;2*1H3;/q3*-1;+3. The molecule has 0 amide bonds. The van der Waals surface area contributed by atoms with Crippen molar-refractivity contribution < 1.29 is 26.2 Å². The summed E-state index contributed by atoms with van der Waals surface area (Å²) in [5.41, 5.74) is 4.48. The van der Waals surface area contributed by atoms with Crippen molar-refractivity contribution in [3.05, 3.63) is 104 Å². The van der Waals surface area contributed by atoms with Gasteiger partial charge in [-0.2, -0.15) is 6.07 Å². The summed E-state index contributed by atoms with van der Waals surface area (Å²) < 4.78 is 0. The molecule has 4 aromatic rings. The number of hydrogen-bond donors (Lipinski definition) is 0.